The Morgan fingerprint density at radius 3 is 2.19 bits per heavy atom. The maximum Gasteiger partial charge on any atom is 0.319 e. The van der Waals surface area contributed by atoms with E-state index >= 15 is 0 Å². The fourth-order valence-electron chi connectivity index (χ4n) is 3.01. The number of benzene rings is 2. The molecule has 0 atom stereocenters. The number of nitrogens with one attached hydrogen (secondary N) is 3. The normalized spacial score (nSPS) is 14.7. The van der Waals surface area contributed by atoms with E-state index in [-0.39, 0.29) is 17.8 Å². The second-order valence-corrected chi connectivity index (χ2v) is 6.36. The van der Waals surface area contributed by atoms with Crippen molar-refractivity contribution in [3.05, 3.63) is 53.8 Å². The molecule has 0 aromatic heterocycles. The summed E-state index contributed by atoms with van der Waals surface area (Å²) in [6, 6.07) is 8.42. The SMILES string of the molecule is O=C(Nc1ccc(Nc2ccc(F)c(F)c2F)cc1)NC1CCCCC1. The monoisotopic (exact) mass is 363 g/mol. The Morgan fingerprint density at radius 2 is 1.50 bits per heavy atom. The predicted molar refractivity (Wildman–Crippen MR) is 95.1 cm³/mol. The van der Waals surface area contributed by atoms with Gasteiger partial charge < -0.3 is 16.0 Å². The first-order valence-corrected chi connectivity index (χ1v) is 8.61. The third kappa shape index (κ3) is 4.47. The first-order chi connectivity index (χ1) is 12.5. The lowest BCUT2D eigenvalue weighted by molar-refractivity contribution is 0.244. The molecule has 2 aromatic rings. The van der Waals surface area contributed by atoms with Crippen LogP contribution in [0.2, 0.25) is 0 Å². The third-order valence-corrected chi connectivity index (χ3v) is 4.40. The van der Waals surface area contributed by atoms with Gasteiger partial charge in [-0.3, -0.25) is 0 Å². The highest BCUT2D eigenvalue weighted by molar-refractivity contribution is 5.89. The molecule has 1 aliphatic carbocycles. The molecule has 2 aromatic carbocycles. The lowest BCUT2D eigenvalue weighted by atomic mass is 9.96. The molecular weight excluding hydrogens is 343 g/mol. The zero-order valence-corrected chi connectivity index (χ0v) is 14.1. The number of carbonyl (C=O) groups is 1. The molecule has 0 radical (unpaired) electrons. The van der Waals surface area contributed by atoms with E-state index in [1.54, 1.807) is 24.3 Å². The van der Waals surface area contributed by atoms with Crippen LogP contribution in [-0.4, -0.2) is 12.1 Å². The second-order valence-electron chi connectivity index (χ2n) is 6.36. The number of halogens is 3. The van der Waals surface area contributed by atoms with Crippen LogP contribution in [0, 0.1) is 17.5 Å². The smallest absolute Gasteiger partial charge is 0.319 e. The Labute approximate surface area is 149 Å². The largest absolute Gasteiger partial charge is 0.353 e. The van der Waals surface area contributed by atoms with Crippen molar-refractivity contribution in [3.8, 4) is 0 Å². The second kappa shape index (κ2) is 8.12. The molecule has 1 fully saturated rings. The summed E-state index contributed by atoms with van der Waals surface area (Å²) in [5.41, 5.74) is 0.891. The van der Waals surface area contributed by atoms with Crippen molar-refractivity contribution in [2.75, 3.05) is 10.6 Å². The molecule has 4 nitrogen and oxygen atoms in total. The average molecular weight is 363 g/mol. The molecule has 0 saturated heterocycles. The van der Waals surface area contributed by atoms with E-state index in [0.717, 1.165) is 37.8 Å². The molecule has 2 amide bonds. The van der Waals surface area contributed by atoms with E-state index in [9.17, 15) is 18.0 Å². The molecule has 1 saturated carbocycles. The minimum absolute atomic E-state index is 0.167. The minimum Gasteiger partial charge on any atom is -0.353 e. The van der Waals surface area contributed by atoms with Gasteiger partial charge in [0.05, 0.1) is 5.69 Å². The van der Waals surface area contributed by atoms with Crippen LogP contribution in [-0.2, 0) is 0 Å². The highest BCUT2D eigenvalue weighted by atomic mass is 19.2. The van der Waals surface area contributed by atoms with E-state index in [1.165, 1.54) is 6.42 Å². The Kier molecular flexibility index (Phi) is 5.65. The molecular formula is C19H20F3N3O. The van der Waals surface area contributed by atoms with Gasteiger partial charge in [0.2, 0.25) is 0 Å². The van der Waals surface area contributed by atoms with Crippen LogP contribution in [0.3, 0.4) is 0 Å². The standard InChI is InChI=1S/C19H20F3N3O/c20-15-10-11-16(18(22)17(15)21)23-13-6-8-14(9-7-13)25-19(26)24-12-4-2-1-3-5-12/h6-12,23H,1-5H2,(H2,24,25,26). The number of rotatable bonds is 4. The number of carbonyl (C=O) groups excluding carboxylic acids is 1. The van der Waals surface area contributed by atoms with Crippen molar-refractivity contribution >= 4 is 23.1 Å². The summed E-state index contributed by atoms with van der Waals surface area (Å²) in [5, 5.41) is 8.37. The maximum absolute atomic E-state index is 13.7. The third-order valence-electron chi connectivity index (χ3n) is 4.40. The summed E-state index contributed by atoms with van der Waals surface area (Å²) in [6.07, 6.45) is 5.47. The van der Waals surface area contributed by atoms with Gasteiger partial charge in [0.25, 0.3) is 0 Å². The number of hydrogen-bond acceptors (Lipinski definition) is 2. The van der Waals surface area contributed by atoms with Gasteiger partial charge in [-0.05, 0) is 49.2 Å². The lowest BCUT2D eigenvalue weighted by Gasteiger charge is -2.22. The first-order valence-electron chi connectivity index (χ1n) is 8.61. The van der Waals surface area contributed by atoms with Crippen molar-refractivity contribution in [1.29, 1.82) is 0 Å². The van der Waals surface area contributed by atoms with E-state index in [4.69, 9.17) is 0 Å². The zero-order chi connectivity index (χ0) is 18.5. The number of anilines is 3. The van der Waals surface area contributed by atoms with Gasteiger partial charge >= 0.3 is 6.03 Å². The number of amides is 2. The van der Waals surface area contributed by atoms with Crippen LogP contribution >= 0.6 is 0 Å². The molecule has 1 aliphatic rings. The average Bonchev–Trinajstić information content (AvgIpc) is 2.64. The molecule has 7 heteroatoms. The van der Waals surface area contributed by atoms with Gasteiger partial charge in [0.1, 0.15) is 0 Å². The zero-order valence-electron chi connectivity index (χ0n) is 14.1. The van der Waals surface area contributed by atoms with Gasteiger partial charge in [-0.1, -0.05) is 19.3 Å². The summed E-state index contributed by atoms with van der Waals surface area (Å²) in [6.45, 7) is 0. The summed E-state index contributed by atoms with van der Waals surface area (Å²) >= 11 is 0. The van der Waals surface area contributed by atoms with Gasteiger partial charge in [-0.2, -0.15) is 0 Å². The van der Waals surface area contributed by atoms with Gasteiger partial charge in [0, 0.05) is 17.4 Å². The molecule has 0 spiro atoms. The first kappa shape index (κ1) is 18.1. The van der Waals surface area contributed by atoms with Gasteiger partial charge in [-0.25, -0.2) is 18.0 Å². The van der Waals surface area contributed by atoms with Crippen molar-refractivity contribution in [2.24, 2.45) is 0 Å². The molecule has 0 aliphatic heterocycles. The molecule has 0 heterocycles. The molecule has 0 unspecified atom stereocenters. The Morgan fingerprint density at radius 1 is 0.846 bits per heavy atom. The van der Waals surface area contributed by atoms with E-state index in [1.807, 2.05) is 0 Å². The molecule has 3 rings (SSSR count). The highest BCUT2D eigenvalue weighted by Crippen LogP contribution is 2.24. The van der Waals surface area contributed by atoms with Crippen LogP contribution in [0.1, 0.15) is 32.1 Å². The van der Waals surface area contributed by atoms with Crippen LogP contribution in [0.5, 0.6) is 0 Å². The van der Waals surface area contributed by atoms with E-state index in [2.05, 4.69) is 16.0 Å². The summed E-state index contributed by atoms with van der Waals surface area (Å²) in [5.74, 6) is -4.04. The molecule has 3 N–H and O–H groups in total. The number of hydrogen-bond donors (Lipinski definition) is 3. The van der Waals surface area contributed by atoms with Crippen molar-refractivity contribution in [2.45, 2.75) is 38.1 Å². The van der Waals surface area contributed by atoms with Gasteiger partial charge in [-0.15, -0.1) is 0 Å². The molecule has 138 valence electrons. The summed E-state index contributed by atoms with van der Waals surface area (Å²) < 4.78 is 39.9. The molecule has 26 heavy (non-hydrogen) atoms. The van der Waals surface area contributed by atoms with Crippen LogP contribution in [0.4, 0.5) is 35.0 Å². The predicted octanol–water partition coefficient (Wildman–Crippen LogP) is 5.30. The van der Waals surface area contributed by atoms with Crippen molar-refractivity contribution in [1.82, 2.24) is 5.32 Å². The van der Waals surface area contributed by atoms with Crippen molar-refractivity contribution in [3.63, 3.8) is 0 Å². The maximum atomic E-state index is 13.7. The van der Waals surface area contributed by atoms with E-state index in [0.29, 0.717) is 11.4 Å². The van der Waals surface area contributed by atoms with Crippen molar-refractivity contribution < 1.29 is 18.0 Å². The summed E-state index contributed by atoms with van der Waals surface area (Å²) in [4.78, 5) is 12.0. The van der Waals surface area contributed by atoms with Gasteiger partial charge in [0.15, 0.2) is 17.5 Å². The molecule has 0 bridgehead atoms. The Bertz CT molecular complexity index is 774. The Hall–Kier alpha value is -2.70. The lowest BCUT2D eigenvalue weighted by Crippen LogP contribution is -2.38. The van der Waals surface area contributed by atoms with Crippen LogP contribution in [0.15, 0.2) is 36.4 Å². The Balaban J connectivity index is 1.58. The van der Waals surface area contributed by atoms with Crippen LogP contribution in [0.25, 0.3) is 0 Å². The fourth-order valence-corrected chi connectivity index (χ4v) is 3.01. The minimum atomic E-state index is -1.52. The van der Waals surface area contributed by atoms with E-state index < -0.39 is 17.5 Å². The topological polar surface area (TPSA) is 53.2 Å². The quantitative estimate of drug-likeness (QED) is 0.646. The fraction of sp³-hybridized carbons (Fsp3) is 0.316. The number of urea groups is 1. The van der Waals surface area contributed by atoms with Crippen LogP contribution < -0.4 is 16.0 Å². The summed E-state index contributed by atoms with van der Waals surface area (Å²) in [7, 11) is 0. The highest BCUT2D eigenvalue weighted by Gasteiger charge is 2.16.